The van der Waals surface area contributed by atoms with Crippen LogP contribution in [0.5, 0.6) is 0 Å². The van der Waals surface area contributed by atoms with Gasteiger partial charge >= 0.3 is 0 Å². The first-order valence-corrected chi connectivity index (χ1v) is 5.13. The van der Waals surface area contributed by atoms with Gasteiger partial charge in [0.1, 0.15) is 5.69 Å². The summed E-state index contributed by atoms with van der Waals surface area (Å²) in [7, 11) is 0. The Balaban J connectivity index is 2.20. The van der Waals surface area contributed by atoms with E-state index < -0.39 is 5.56 Å². The third-order valence-corrected chi connectivity index (χ3v) is 2.22. The molecule has 5 N–H and O–H groups in total. The first-order chi connectivity index (χ1) is 8.70. The fraction of sp³-hybridized carbons (Fsp3) is 0. The molecule has 1 amide bonds. The van der Waals surface area contributed by atoms with E-state index in [0.29, 0.717) is 5.56 Å². The van der Waals surface area contributed by atoms with Crippen molar-refractivity contribution in [3.05, 3.63) is 52.4 Å². The van der Waals surface area contributed by atoms with Crippen LogP contribution in [0.25, 0.3) is 0 Å². The summed E-state index contributed by atoms with van der Waals surface area (Å²) >= 11 is 0. The van der Waals surface area contributed by atoms with Crippen molar-refractivity contribution in [2.24, 2.45) is 5.84 Å². The van der Waals surface area contributed by atoms with Gasteiger partial charge in [-0.3, -0.25) is 20.0 Å². The number of hydrogen-bond acceptors (Lipinski definition) is 5. The number of H-pyrrole nitrogens is 1. The van der Waals surface area contributed by atoms with Crippen LogP contribution < -0.4 is 22.1 Å². The first-order valence-electron chi connectivity index (χ1n) is 5.13. The van der Waals surface area contributed by atoms with Crippen molar-refractivity contribution >= 4 is 17.5 Å². The number of aromatic amines is 1. The predicted molar refractivity (Wildman–Crippen MR) is 67.1 cm³/mol. The largest absolute Gasteiger partial charge is 0.316 e. The van der Waals surface area contributed by atoms with Crippen molar-refractivity contribution in [3.8, 4) is 0 Å². The number of amides is 1. The van der Waals surface area contributed by atoms with E-state index in [0.717, 1.165) is 0 Å². The normalized spacial score (nSPS) is 9.83. The first kappa shape index (κ1) is 11.8. The van der Waals surface area contributed by atoms with Gasteiger partial charge in [0.25, 0.3) is 11.5 Å². The summed E-state index contributed by atoms with van der Waals surface area (Å²) in [5.41, 5.74) is 2.23. The summed E-state index contributed by atoms with van der Waals surface area (Å²) in [5, 5.41) is 2.46. The summed E-state index contributed by atoms with van der Waals surface area (Å²) in [4.78, 5) is 29.5. The van der Waals surface area contributed by atoms with Crippen molar-refractivity contribution in [1.82, 2.24) is 9.97 Å². The number of rotatable bonds is 3. The fourth-order valence-electron chi connectivity index (χ4n) is 1.34. The average Bonchev–Trinajstić information content (AvgIpc) is 2.42. The molecule has 0 unspecified atom stereocenters. The van der Waals surface area contributed by atoms with Crippen LogP contribution in [0.3, 0.4) is 0 Å². The Bertz CT molecular complexity index is 608. The van der Waals surface area contributed by atoms with E-state index >= 15 is 0 Å². The molecule has 92 valence electrons. The molecule has 7 nitrogen and oxygen atoms in total. The van der Waals surface area contributed by atoms with E-state index in [1.807, 2.05) is 0 Å². The lowest BCUT2D eigenvalue weighted by Crippen LogP contribution is -2.22. The quantitative estimate of drug-likeness (QED) is 0.459. The smallest absolute Gasteiger partial charge is 0.276 e. The highest BCUT2D eigenvalue weighted by atomic mass is 16.2. The summed E-state index contributed by atoms with van der Waals surface area (Å²) in [6.45, 7) is 0. The van der Waals surface area contributed by atoms with Crippen molar-refractivity contribution in [2.45, 2.75) is 0 Å². The van der Waals surface area contributed by atoms with Crippen LogP contribution in [-0.4, -0.2) is 15.9 Å². The van der Waals surface area contributed by atoms with Crippen LogP contribution in [0.1, 0.15) is 10.4 Å². The highest BCUT2D eigenvalue weighted by molar-refractivity contribution is 6.04. The molecule has 0 aliphatic rings. The molecule has 0 atom stereocenters. The van der Waals surface area contributed by atoms with Gasteiger partial charge in [-0.25, -0.2) is 10.8 Å². The van der Waals surface area contributed by atoms with E-state index in [4.69, 9.17) is 5.84 Å². The van der Waals surface area contributed by atoms with Crippen molar-refractivity contribution in [1.29, 1.82) is 0 Å². The second kappa shape index (κ2) is 5.11. The number of hydrogen-bond donors (Lipinski definition) is 4. The maximum Gasteiger partial charge on any atom is 0.276 e. The maximum absolute atomic E-state index is 11.8. The van der Waals surface area contributed by atoms with Gasteiger partial charge in [0.2, 0.25) is 5.95 Å². The number of hydrazine groups is 1. The van der Waals surface area contributed by atoms with Crippen molar-refractivity contribution < 1.29 is 4.79 Å². The number of carbonyl (C=O) groups excluding carboxylic acids is 1. The number of anilines is 2. The van der Waals surface area contributed by atoms with Crippen LogP contribution in [0.4, 0.5) is 11.6 Å². The Morgan fingerprint density at radius 3 is 2.61 bits per heavy atom. The van der Waals surface area contributed by atoms with Gasteiger partial charge in [-0.05, 0) is 12.1 Å². The lowest BCUT2D eigenvalue weighted by molar-refractivity contribution is 0.102. The van der Waals surface area contributed by atoms with Crippen LogP contribution in [0.2, 0.25) is 0 Å². The van der Waals surface area contributed by atoms with Gasteiger partial charge in [0.15, 0.2) is 0 Å². The van der Waals surface area contributed by atoms with E-state index in [1.165, 1.54) is 6.20 Å². The highest BCUT2D eigenvalue weighted by Crippen LogP contribution is 2.04. The minimum Gasteiger partial charge on any atom is -0.316 e. The lowest BCUT2D eigenvalue weighted by Gasteiger charge is -2.04. The average molecular weight is 245 g/mol. The molecule has 0 saturated heterocycles. The Labute approximate surface area is 102 Å². The van der Waals surface area contributed by atoms with Crippen LogP contribution in [-0.2, 0) is 0 Å². The second-order valence-electron chi connectivity index (χ2n) is 3.44. The molecule has 1 aromatic heterocycles. The van der Waals surface area contributed by atoms with E-state index in [9.17, 15) is 9.59 Å². The maximum atomic E-state index is 11.8. The number of nitrogen functional groups attached to an aromatic ring is 1. The lowest BCUT2D eigenvalue weighted by atomic mass is 10.2. The zero-order valence-corrected chi connectivity index (χ0v) is 9.31. The number of nitrogens with two attached hydrogens (primary N) is 1. The summed E-state index contributed by atoms with van der Waals surface area (Å²) in [6.07, 6.45) is 1.23. The molecule has 1 heterocycles. The molecule has 0 aliphatic heterocycles. The molecule has 0 radical (unpaired) electrons. The number of nitrogens with zero attached hydrogens (tertiary/aromatic N) is 1. The molecular formula is C11H11N5O2. The standard InChI is InChI=1S/C11H11N5O2/c12-16-11-13-6-8(10(18)15-11)14-9(17)7-4-2-1-3-5-7/h1-6H,12H2,(H,14,17)(H2,13,15,16,18). The van der Waals surface area contributed by atoms with Crippen molar-refractivity contribution in [3.63, 3.8) is 0 Å². The van der Waals surface area contributed by atoms with Crippen molar-refractivity contribution in [2.75, 3.05) is 10.7 Å². The second-order valence-corrected chi connectivity index (χ2v) is 3.44. The number of benzene rings is 1. The molecule has 1 aromatic carbocycles. The zero-order valence-electron chi connectivity index (χ0n) is 9.31. The third-order valence-electron chi connectivity index (χ3n) is 2.22. The predicted octanol–water partition coefficient (Wildman–Crippen LogP) is 0.308. The zero-order chi connectivity index (χ0) is 13.0. The molecule has 0 saturated carbocycles. The van der Waals surface area contributed by atoms with Gasteiger partial charge in [-0.2, -0.15) is 0 Å². The number of nitrogens with one attached hydrogen (secondary N) is 3. The van der Waals surface area contributed by atoms with Gasteiger partial charge in [-0.15, -0.1) is 0 Å². The van der Waals surface area contributed by atoms with Gasteiger partial charge < -0.3 is 5.32 Å². The monoisotopic (exact) mass is 245 g/mol. The minimum atomic E-state index is -0.484. The third kappa shape index (κ3) is 2.53. The molecule has 2 aromatic rings. The Morgan fingerprint density at radius 1 is 1.28 bits per heavy atom. The van der Waals surface area contributed by atoms with Crippen LogP contribution in [0.15, 0.2) is 41.3 Å². The van der Waals surface area contributed by atoms with Gasteiger partial charge in [0, 0.05) is 5.56 Å². The van der Waals surface area contributed by atoms with E-state index in [1.54, 1.807) is 30.3 Å². The molecule has 0 spiro atoms. The molecule has 18 heavy (non-hydrogen) atoms. The Hall–Kier alpha value is -2.67. The van der Waals surface area contributed by atoms with Gasteiger partial charge in [-0.1, -0.05) is 18.2 Å². The van der Waals surface area contributed by atoms with Gasteiger partial charge in [0.05, 0.1) is 6.20 Å². The summed E-state index contributed by atoms with van der Waals surface area (Å²) in [5.74, 6) is 4.84. The molecular weight excluding hydrogens is 234 g/mol. The topological polar surface area (TPSA) is 113 Å². The highest BCUT2D eigenvalue weighted by Gasteiger charge is 2.08. The molecule has 0 bridgehead atoms. The Kier molecular flexibility index (Phi) is 3.35. The minimum absolute atomic E-state index is 0.0582. The van der Waals surface area contributed by atoms with Crippen LogP contribution >= 0.6 is 0 Å². The number of carbonyl (C=O) groups is 1. The number of aromatic nitrogens is 2. The van der Waals surface area contributed by atoms with Crippen LogP contribution in [0, 0.1) is 0 Å². The van der Waals surface area contributed by atoms with E-state index in [-0.39, 0.29) is 17.5 Å². The SMILES string of the molecule is NNc1ncc(NC(=O)c2ccccc2)c(=O)[nH]1. The molecule has 7 heteroatoms. The summed E-state index contributed by atoms with van der Waals surface area (Å²) in [6, 6.07) is 8.56. The summed E-state index contributed by atoms with van der Waals surface area (Å²) < 4.78 is 0. The fourth-order valence-corrected chi connectivity index (χ4v) is 1.34. The Morgan fingerprint density at radius 2 is 2.00 bits per heavy atom. The molecule has 0 aliphatic carbocycles. The molecule has 2 rings (SSSR count). The molecule has 0 fully saturated rings. The van der Waals surface area contributed by atoms with E-state index in [2.05, 4.69) is 20.7 Å².